The molecule has 49 heavy (non-hydrogen) atoms. The lowest BCUT2D eigenvalue weighted by molar-refractivity contribution is -0.870. The predicted octanol–water partition coefficient (Wildman–Crippen LogP) is 10.6. The van der Waals surface area contributed by atoms with Crippen molar-refractivity contribution >= 4 is 13.7 Å². The van der Waals surface area contributed by atoms with Crippen LogP contribution in [0.4, 0.5) is 0 Å². The van der Waals surface area contributed by atoms with E-state index in [9.17, 15) is 19.4 Å². The minimum Gasteiger partial charge on any atom is -0.387 e. The van der Waals surface area contributed by atoms with Gasteiger partial charge in [0.15, 0.2) is 0 Å². The van der Waals surface area contributed by atoms with Crippen LogP contribution in [0.5, 0.6) is 0 Å². The van der Waals surface area contributed by atoms with Gasteiger partial charge < -0.3 is 19.8 Å². The van der Waals surface area contributed by atoms with E-state index in [4.69, 9.17) is 9.05 Å². The van der Waals surface area contributed by atoms with Crippen molar-refractivity contribution in [3.05, 3.63) is 24.3 Å². The average Bonchev–Trinajstić information content (AvgIpc) is 3.04. The van der Waals surface area contributed by atoms with Crippen LogP contribution in [-0.4, -0.2) is 73.4 Å². The van der Waals surface area contributed by atoms with E-state index in [-0.39, 0.29) is 19.1 Å². The minimum atomic E-state index is -4.32. The van der Waals surface area contributed by atoms with Crippen molar-refractivity contribution in [1.82, 2.24) is 5.32 Å². The standard InChI is InChI=1S/C40H79N2O6P/c1-6-8-10-11-12-13-14-15-16-17-18-19-20-21-22-23-24-25-26-27-28-29-30-32-33-39(43)38(41-40(44)34-31-9-7-2)37-48-49(45,46)47-36-35-42(3,4)5/h27-28,32-33,38-39,43H,6-26,29-31,34-37H2,1-5H3,(H-,41,44,45,46)/p+1/b28-27+,33-32+. The van der Waals surface area contributed by atoms with Crippen molar-refractivity contribution in [2.45, 2.75) is 187 Å². The van der Waals surface area contributed by atoms with Gasteiger partial charge in [-0.1, -0.05) is 160 Å². The number of carbonyl (C=O) groups is 1. The van der Waals surface area contributed by atoms with Gasteiger partial charge in [0.05, 0.1) is 39.9 Å². The van der Waals surface area contributed by atoms with Crippen LogP contribution in [0.25, 0.3) is 0 Å². The fourth-order valence-electron chi connectivity index (χ4n) is 5.64. The summed E-state index contributed by atoms with van der Waals surface area (Å²) in [5, 5.41) is 13.5. The zero-order chi connectivity index (χ0) is 36.5. The number of nitrogens with one attached hydrogen (secondary N) is 1. The van der Waals surface area contributed by atoms with E-state index < -0.39 is 20.0 Å². The number of amides is 1. The summed E-state index contributed by atoms with van der Waals surface area (Å²) < 4.78 is 23.2. The van der Waals surface area contributed by atoms with E-state index in [0.29, 0.717) is 17.4 Å². The fraction of sp³-hybridized carbons (Fsp3) is 0.875. The summed E-state index contributed by atoms with van der Waals surface area (Å²) in [6, 6.07) is -0.854. The normalized spacial score (nSPS) is 14.8. The molecule has 0 rings (SSSR count). The molecule has 1 amide bonds. The SMILES string of the molecule is CCCCCCCCCCCCCCCCCCCC/C=C/CC/C=C/C(O)C(COP(=O)(O)OCC[N+](C)(C)C)NC(=O)CCCCC. The van der Waals surface area contributed by atoms with Crippen LogP contribution in [0.1, 0.15) is 174 Å². The molecule has 0 radical (unpaired) electrons. The maximum Gasteiger partial charge on any atom is 0.472 e. The average molecular weight is 716 g/mol. The second-order valence-corrected chi connectivity index (χ2v) is 16.5. The van der Waals surface area contributed by atoms with Gasteiger partial charge in [-0.25, -0.2) is 4.57 Å². The molecule has 0 heterocycles. The number of hydrogen-bond donors (Lipinski definition) is 3. The quantitative estimate of drug-likeness (QED) is 0.0258. The van der Waals surface area contributed by atoms with E-state index in [2.05, 4.69) is 31.3 Å². The molecule has 290 valence electrons. The molecule has 9 heteroatoms. The summed E-state index contributed by atoms with van der Waals surface area (Å²) in [7, 11) is 1.55. The molecule has 0 fully saturated rings. The monoisotopic (exact) mass is 716 g/mol. The lowest BCUT2D eigenvalue weighted by Crippen LogP contribution is -2.45. The Kier molecular flexibility index (Phi) is 32.2. The summed E-state index contributed by atoms with van der Waals surface area (Å²) in [5.41, 5.74) is 0. The highest BCUT2D eigenvalue weighted by molar-refractivity contribution is 7.47. The first-order valence-electron chi connectivity index (χ1n) is 20.2. The molecule has 3 N–H and O–H groups in total. The smallest absolute Gasteiger partial charge is 0.387 e. The lowest BCUT2D eigenvalue weighted by atomic mass is 10.0. The third-order valence-electron chi connectivity index (χ3n) is 8.92. The van der Waals surface area contributed by atoms with Gasteiger partial charge in [0.25, 0.3) is 0 Å². The highest BCUT2D eigenvalue weighted by atomic mass is 31.2. The number of aliphatic hydroxyl groups excluding tert-OH is 1. The Bertz CT molecular complexity index is 860. The second kappa shape index (κ2) is 32.9. The topological polar surface area (TPSA) is 105 Å². The maximum absolute atomic E-state index is 12.4. The van der Waals surface area contributed by atoms with Crippen LogP contribution in [0.2, 0.25) is 0 Å². The van der Waals surface area contributed by atoms with Crippen molar-refractivity contribution in [2.75, 3.05) is 40.9 Å². The van der Waals surface area contributed by atoms with Crippen molar-refractivity contribution in [2.24, 2.45) is 0 Å². The molecule has 0 aliphatic carbocycles. The number of allylic oxidation sites excluding steroid dienone is 3. The van der Waals surface area contributed by atoms with E-state index in [1.54, 1.807) is 6.08 Å². The second-order valence-electron chi connectivity index (χ2n) is 15.0. The molecule has 0 saturated heterocycles. The summed E-state index contributed by atoms with van der Waals surface area (Å²) in [6.45, 7) is 4.61. The number of unbranched alkanes of at least 4 members (excludes halogenated alkanes) is 21. The number of hydrogen-bond acceptors (Lipinski definition) is 5. The number of aliphatic hydroxyl groups is 1. The van der Waals surface area contributed by atoms with Crippen LogP contribution < -0.4 is 5.32 Å². The first-order valence-corrected chi connectivity index (χ1v) is 21.7. The van der Waals surface area contributed by atoms with Crippen molar-refractivity contribution in [1.29, 1.82) is 0 Å². The summed E-state index contributed by atoms with van der Waals surface area (Å²) in [5.74, 6) is -0.212. The van der Waals surface area contributed by atoms with Gasteiger partial charge in [-0.3, -0.25) is 13.8 Å². The van der Waals surface area contributed by atoms with Gasteiger partial charge in [-0.05, 0) is 32.1 Å². The number of likely N-dealkylation sites (N-methyl/N-ethyl adjacent to an activating group) is 1. The Morgan fingerprint density at radius 2 is 1.12 bits per heavy atom. The molecule has 8 nitrogen and oxygen atoms in total. The maximum atomic E-state index is 12.4. The molecule has 0 spiro atoms. The Morgan fingerprint density at radius 3 is 1.63 bits per heavy atom. The largest absolute Gasteiger partial charge is 0.472 e. The van der Waals surface area contributed by atoms with Gasteiger partial charge in [-0.15, -0.1) is 0 Å². The van der Waals surface area contributed by atoms with E-state index in [1.807, 2.05) is 27.2 Å². The number of carbonyl (C=O) groups excluding carboxylic acids is 1. The zero-order valence-corrected chi connectivity index (χ0v) is 33.6. The van der Waals surface area contributed by atoms with E-state index >= 15 is 0 Å². The molecule has 0 aliphatic rings. The van der Waals surface area contributed by atoms with Crippen LogP contribution in [0.3, 0.4) is 0 Å². The van der Waals surface area contributed by atoms with Gasteiger partial charge in [0.2, 0.25) is 5.91 Å². The number of phosphoric acid groups is 1. The molecule has 3 atom stereocenters. The fourth-order valence-corrected chi connectivity index (χ4v) is 6.38. The first kappa shape index (κ1) is 48.0. The van der Waals surface area contributed by atoms with Crippen LogP contribution >= 0.6 is 7.82 Å². The zero-order valence-electron chi connectivity index (χ0n) is 32.7. The molecule has 0 aliphatic heterocycles. The van der Waals surface area contributed by atoms with E-state index in [0.717, 1.165) is 38.5 Å². The third-order valence-corrected chi connectivity index (χ3v) is 9.91. The molecule has 0 aromatic rings. The molecule has 0 aromatic carbocycles. The van der Waals surface area contributed by atoms with Gasteiger partial charge >= 0.3 is 7.82 Å². The Morgan fingerprint density at radius 1 is 0.673 bits per heavy atom. The molecular formula is C40H80N2O6P+. The van der Waals surface area contributed by atoms with Gasteiger partial charge in [0.1, 0.15) is 13.2 Å². The first-order chi connectivity index (χ1) is 23.5. The molecular weight excluding hydrogens is 635 g/mol. The number of quaternary nitrogens is 1. The molecule has 0 saturated carbocycles. The highest BCUT2D eigenvalue weighted by Crippen LogP contribution is 2.43. The van der Waals surface area contributed by atoms with Crippen LogP contribution in [0, 0.1) is 0 Å². The number of nitrogens with zero attached hydrogens (tertiary/aromatic N) is 1. The summed E-state index contributed by atoms with van der Waals surface area (Å²) >= 11 is 0. The van der Waals surface area contributed by atoms with Gasteiger partial charge in [-0.2, -0.15) is 0 Å². The highest BCUT2D eigenvalue weighted by Gasteiger charge is 2.27. The summed E-state index contributed by atoms with van der Waals surface area (Å²) in [6.07, 6.45) is 37.7. The number of phosphoric ester groups is 1. The molecule has 3 unspecified atom stereocenters. The van der Waals surface area contributed by atoms with Crippen LogP contribution in [0.15, 0.2) is 24.3 Å². The van der Waals surface area contributed by atoms with E-state index in [1.165, 1.54) is 116 Å². The Hall–Kier alpha value is -1.02. The van der Waals surface area contributed by atoms with Crippen molar-refractivity contribution in [3.63, 3.8) is 0 Å². The van der Waals surface area contributed by atoms with Crippen molar-refractivity contribution < 1.29 is 32.9 Å². The van der Waals surface area contributed by atoms with Crippen LogP contribution in [-0.2, 0) is 18.4 Å². The van der Waals surface area contributed by atoms with Gasteiger partial charge in [0, 0.05) is 6.42 Å². The van der Waals surface area contributed by atoms with Crippen molar-refractivity contribution in [3.8, 4) is 0 Å². The Balaban J connectivity index is 4.09. The minimum absolute atomic E-state index is 0.0564. The third kappa shape index (κ3) is 35.2. The molecule has 0 aromatic heterocycles. The number of rotatable bonds is 36. The predicted molar refractivity (Wildman–Crippen MR) is 208 cm³/mol. The lowest BCUT2D eigenvalue weighted by Gasteiger charge is -2.25. The molecule has 0 bridgehead atoms. The summed E-state index contributed by atoms with van der Waals surface area (Å²) in [4.78, 5) is 22.6. The Labute approximate surface area is 303 Å².